The lowest BCUT2D eigenvalue weighted by molar-refractivity contribution is 0.458. The molecule has 4 aromatic rings. The fourth-order valence-corrected chi connectivity index (χ4v) is 4.94. The first-order valence-corrected chi connectivity index (χ1v) is 12.4. The Hall–Kier alpha value is -3.63. The lowest BCUT2D eigenvalue weighted by Gasteiger charge is -2.21. The molecule has 1 unspecified atom stereocenters. The van der Waals surface area contributed by atoms with Gasteiger partial charge in [-0.25, -0.2) is 27.5 Å². The van der Waals surface area contributed by atoms with E-state index < -0.39 is 15.6 Å². The summed E-state index contributed by atoms with van der Waals surface area (Å²) in [6.07, 6.45) is 0. The lowest BCUT2D eigenvalue weighted by atomic mass is 10.1. The molecule has 0 radical (unpaired) electrons. The van der Waals surface area contributed by atoms with E-state index in [9.17, 15) is 17.9 Å². The van der Waals surface area contributed by atoms with Crippen molar-refractivity contribution in [1.82, 2.24) is 19.7 Å². The van der Waals surface area contributed by atoms with Gasteiger partial charge in [-0.15, -0.1) is 0 Å². The first kappa shape index (κ1) is 24.5. The fourth-order valence-electron chi connectivity index (χ4n) is 3.52. The van der Waals surface area contributed by atoms with Gasteiger partial charge in [0.2, 0.25) is 21.9 Å². The van der Waals surface area contributed by atoms with Gasteiger partial charge in [-0.2, -0.15) is 4.98 Å². The van der Waals surface area contributed by atoms with Crippen LogP contribution < -0.4 is 10.0 Å². The van der Waals surface area contributed by atoms with Crippen LogP contribution in [-0.2, 0) is 10.0 Å². The molecule has 2 heterocycles. The van der Waals surface area contributed by atoms with Crippen LogP contribution in [0.15, 0.2) is 65.6 Å². The SMILES string of the molecule is CC(Nc1nc(O)c2nc(-c3ccc(F)cc3)ccc2n1)c1ccc(S(=O)(=O)NC(C)(C)C)cc1. The van der Waals surface area contributed by atoms with Crippen molar-refractivity contribution < 1.29 is 17.9 Å². The van der Waals surface area contributed by atoms with Gasteiger partial charge >= 0.3 is 0 Å². The number of rotatable bonds is 6. The van der Waals surface area contributed by atoms with Crippen molar-refractivity contribution >= 4 is 27.0 Å². The van der Waals surface area contributed by atoms with E-state index in [0.29, 0.717) is 16.8 Å². The number of benzene rings is 2. The van der Waals surface area contributed by atoms with Gasteiger partial charge < -0.3 is 10.4 Å². The van der Waals surface area contributed by atoms with E-state index in [4.69, 9.17) is 0 Å². The molecule has 0 aliphatic heterocycles. The molecule has 0 spiro atoms. The zero-order valence-corrected chi connectivity index (χ0v) is 20.6. The molecule has 4 rings (SSSR count). The molecule has 35 heavy (non-hydrogen) atoms. The van der Waals surface area contributed by atoms with Gasteiger partial charge in [0, 0.05) is 11.1 Å². The van der Waals surface area contributed by atoms with Gasteiger partial charge in [-0.3, -0.25) is 0 Å². The predicted molar refractivity (Wildman–Crippen MR) is 133 cm³/mol. The number of nitrogens with zero attached hydrogens (tertiary/aromatic N) is 3. The van der Waals surface area contributed by atoms with E-state index in [1.54, 1.807) is 69.3 Å². The van der Waals surface area contributed by atoms with Gasteiger partial charge in [-0.05, 0) is 81.8 Å². The molecule has 0 amide bonds. The van der Waals surface area contributed by atoms with Crippen LogP contribution in [0.4, 0.5) is 10.3 Å². The maximum absolute atomic E-state index is 13.2. The highest BCUT2D eigenvalue weighted by molar-refractivity contribution is 7.89. The van der Waals surface area contributed by atoms with Gasteiger partial charge in [0.15, 0.2) is 5.52 Å². The van der Waals surface area contributed by atoms with Crippen LogP contribution in [0.25, 0.3) is 22.3 Å². The van der Waals surface area contributed by atoms with Crippen LogP contribution in [0, 0.1) is 5.82 Å². The third kappa shape index (κ3) is 5.72. The largest absolute Gasteiger partial charge is 0.492 e. The molecule has 2 aromatic heterocycles. The van der Waals surface area contributed by atoms with Crippen molar-refractivity contribution in [2.24, 2.45) is 0 Å². The zero-order valence-electron chi connectivity index (χ0n) is 19.7. The Kier molecular flexibility index (Phi) is 6.44. The number of halogens is 1. The first-order valence-electron chi connectivity index (χ1n) is 11.0. The predicted octanol–water partition coefficient (Wildman–Crippen LogP) is 4.79. The second-order valence-corrected chi connectivity index (χ2v) is 10.9. The standard InChI is InChI=1S/C25H26FN5O3S/c1-15(16-7-11-19(12-8-16)35(33,34)31-25(2,3)4)27-24-29-21-14-13-20(28-22(21)23(32)30-24)17-5-9-18(26)10-6-17/h5-15,31H,1-4H3,(H2,27,29,30,32). The van der Waals surface area contributed by atoms with Gasteiger partial charge in [-0.1, -0.05) is 12.1 Å². The molecule has 0 saturated heterocycles. The molecule has 182 valence electrons. The Morgan fingerprint density at radius 2 is 1.57 bits per heavy atom. The van der Waals surface area contributed by atoms with Crippen molar-refractivity contribution in [3.05, 3.63) is 72.0 Å². The highest BCUT2D eigenvalue weighted by Gasteiger charge is 2.22. The molecule has 0 fully saturated rings. The van der Waals surface area contributed by atoms with E-state index in [1.165, 1.54) is 12.1 Å². The maximum atomic E-state index is 13.2. The topological polar surface area (TPSA) is 117 Å². The number of sulfonamides is 1. The molecule has 0 aliphatic rings. The number of fused-ring (bicyclic) bond motifs is 1. The van der Waals surface area contributed by atoms with Gasteiger partial charge in [0.25, 0.3) is 0 Å². The lowest BCUT2D eigenvalue weighted by Crippen LogP contribution is -2.40. The van der Waals surface area contributed by atoms with Crippen LogP contribution in [0.5, 0.6) is 5.88 Å². The maximum Gasteiger partial charge on any atom is 0.243 e. The van der Waals surface area contributed by atoms with Crippen molar-refractivity contribution in [2.45, 2.75) is 44.2 Å². The van der Waals surface area contributed by atoms with Gasteiger partial charge in [0.1, 0.15) is 5.82 Å². The van der Waals surface area contributed by atoms with E-state index in [2.05, 4.69) is 25.0 Å². The van der Waals surface area contributed by atoms with Crippen molar-refractivity contribution in [1.29, 1.82) is 0 Å². The zero-order chi connectivity index (χ0) is 25.4. The molecule has 3 N–H and O–H groups in total. The van der Waals surface area contributed by atoms with Gasteiger partial charge in [0.05, 0.1) is 22.1 Å². The fraction of sp³-hybridized carbons (Fsp3) is 0.240. The molecular weight excluding hydrogens is 469 g/mol. The Labute approximate surface area is 203 Å². The molecular formula is C25H26FN5O3S. The quantitative estimate of drug-likeness (QED) is 0.352. The summed E-state index contributed by atoms with van der Waals surface area (Å²) in [5.74, 6) is -0.434. The molecule has 0 aliphatic carbocycles. The molecule has 10 heteroatoms. The Balaban J connectivity index is 1.54. The summed E-state index contributed by atoms with van der Waals surface area (Å²) >= 11 is 0. The van der Waals surface area contributed by atoms with Crippen molar-refractivity contribution in [3.8, 4) is 17.1 Å². The van der Waals surface area contributed by atoms with E-state index >= 15 is 0 Å². The first-order chi connectivity index (χ1) is 16.4. The van der Waals surface area contributed by atoms with Crippen LogP contribution in [-0.4, -0.2) is 34.0 Å². The van der Waals surface area contributed by atoms with Crippen LogP contribution >= 0.6 is 0 Å². The number of aromatic hydroxyl groups is 1. The Morgan fingerprint density at radius 3 is 2.20 bits per heavy atom. The van der Waals surface area contributed by atoms with Crippen LogP contribution in [0.2, 0.25) is 0 Å². The molecule has 2 aromatic carbocycles. The summed E-state index contributed by atoms with van der Waals surface area (Å²) in [4.78, 5) is 13.1. The third-order valence-electron chi connectivity index (χ3n) is 5.14. The Morgan fingerprint density at radius 1 is 0.914 bits per heavy atom. The smallest absolute Gasteiger partial charge is 0.243 e. The Bertz CT molecular complexity index is 1470. The van der Waals surface area contributed by atoms with Crippen LogP contribution in [0.1, 0.15) is 39.3 Å². The summed E-state index contributed by atoms with van der Waals surface area (Å²) < 4.78 is 40.9. The summed E-state index contributed by atoms with van der Waals surface area (Å²) in [7, 11) is -3.63. The average molecular weight is 496 g/mol. The van der Waals surface area contributed by atoms with Crippen molar-refractivity contribution in [2.75, 3.05) is 5.32 Å². The summed E-state index contributed by atoms with van der Waals surface area (Å²) in [5, 5.41) is 13.6. The normalized spacial score (nSPS) is 13.1. The number of nitrogens with one attached hydrogen (secondary N) is 2. The minimum Gasteiger partial charge on any atom is -0.492 e. The number of aromatic nitrogens is 3. The summed E-state index contributed by atoms with van der Waals surface area (Å²) in [5.41, 5.74) is 2.15. The molecule has 8 nitrogen and oxygen atoms in total. The van der Waals surface area contributed by atoms with Crippen LogP contribution in [0.3, 0.4) is 0 Å². The molecule has 0 saturated carbocycles. The van der Waals surface area contributed by atoms with E-state index in [1.807, 2.05) is 6.92 Å². The number of hydrogen-bond donors (Lipinski definition) is 3. The van der Waals surface area contributed by atoms with E-state index in [0.717, 1.165) is 5.56 Å². The molecule has 0 bridgehead atoms. The highest BCUT2D eigenvalue weighted by atomic mass is 32.2. The monoisotopic (exact) mass is 495 g/mol. The third-order valence-corrected chi connectivity index (χ3v) is 6.91. The second-order valence-electron chi connectivity index (χ2n) is 9.23. The molecule has 1 atom stereocenters. The minimum absolute atomic E-state index is 0.172. The highest BCUT2D eigenvalue weighted by Crippen LogP contribution is 2.27. The minimum atomic E-state index is -3.63. The van der Waals surface area contributed by atoms with Crippen molar-refractivity contribution in [3.63, 3.8) is 0 Å². The average Bonchev–Trinajstić information content (AvgIpc) is 2.78. The number of hydrogen-bond acceptors (Lipinski definition) is 7. The second kappa shape index (κ2) is 9.20. The van der Waals surface area contributed by atoms with E-state index in [-0.39, 0.29) is 34.1 Å². The number of pyridine rings is 1. The number of anilines is 1. The summed E-state index contributed by atoms with van der Waals surface area (Å²) in [6, 6.07) is 15.6. The summed E-state index contributed by atoms with van der Waals surface area (Å²) in [6.45, 7) is 7.21.